The van der Waals surface area contributed by atoms with Gasteiger partial charge in [0.25, 0.3) is 0 Å². The zero-order valence-corrected chi connectivity index (χ0v) is 46.2. The molecule has 0 spiro atoms. The number of hydrogen-bond acceptors (Lipinski definition) is 11. The molecule has 0 radical (unpaired) electrons. The highest BCUT2D eigenvalue weighted by atomic mass is 16.7. The number of hydrogen-bond donors (Lipinski definition) is 3. The Hall–Kier alpha value is -4.88. The quantitative estimate of drug-likeness (QED) is 0.0228. The Morgan fingerprint density at radius 3 is 1.31 bits per heavy atom. The molecule has 1 aliphatic heterocycles. The molecule has 1 fully saturated rings. The van der Waals surface area contributed by atoms with E-state index in [1.165, 1.54) is 0 Å². The van der Waals surface area contributed by atoms with Crippen LogP contribution >= 0.6 is 0 Å². The number of aliphatic hydroxyl groups excluding tert-OH is 2. The number of carboxylic acids is 1. The van der Waals surface area contributed by atoms with Crippen molar-refractivity contribution in [2.45, 2.75) is 237 Å². The Balaban J connectivity index is 2.77. The molecule has 1 rings (SSSR count). The first kappa shape index (κ1) is 68.1. The molecule has 1 heterocycles. The van der Waals surface area contributed by atoms with Crippen LogP contribution in [0.15, 0.2) is 122 Å². The van der Waals surface area contributed by atoms with Crippen molar-refractivity contribution in [3.8, 4) is 0 Å². The third kappa shape index (κ3) is 40.1. The van der Waals surface area contributed by atoms with Gasteiger partial charge in [0.2, 0.25) is 0 Å². The first-order valence-corrected chi connectivity index (χ1v) is 28.5. The molecule has 1 saturated heterocycles. The fourth-order valence-corrected chi connectivity index (χ4v) is 7.68. The topological polar surface area (TPSA) is 175 Å². The molecule has 0 amide bonds. The highest BCUT2D eigenvalue weighted by molar-refractivity contribution is 5.74. The Kier molecular flexibility index (Phi) is 45.4. The number of ether oxygens (including phenoxy) is 5. The van der Waals surface area contributed by atoms with Crippen molar-refractivity contribution in [1.29, 1.82) is 0 Å². The summed E-state index contributed by atoms with van der Waals surface area (Å²) < 4.78 is 28.3. The summed E-state index contributed by atoms with van der Waals surface area (Å²) in [6.07, 6.45) is 56.0. The van der Waals surface area contributed by atoms with E-state index in [1.54, 1.807) is 0 Å². The highest BCUT2D eigenvalue weighted by Crippen LogP contribution is 2.26. The van der Waals surface area contributed by atoms with E-state index in [1.807, 2.05) is 0 Å². The van der Waals surface area contributed by atoms with Crippen LogP contribution in [0, 0.1) is 0 Å². The van der Waals surface area contributed by atoms with Crippen molar-refractivity contribution in [3.63, 3.8) is 0 Å². The van der Waals surface area contributed by atoms with Crippen molar-refractivity contribution in [3.05, 3.63) is 122 Å². The fraction of sp³-hybridized carbons (Fsp3) is 0.619. The summed E-state index contributed by atoms with van der Waals surface area (Å²) >= 11 is 0. The zero-order chi connectivity index (χ0) is 54.7. The molecule has 6 unspecified atom stereocenters. The van der Waals surface area contributed by atoms with E-state index in [2.05, 4.69) is 142 Å². The molecule has 6 atom stereocenters. The summed E-state index contributed by atoms with van der Waals surface area (Å²) in [7, 11) is 0. The van der Waals surface area contributed by atoms with Crippen molar-refractivity contribution >= 4 is 23.9 Å². The zero-order valence-electron chi connectivity index (χ0n) is 46.2. The van der Waals surface area contributed by atoms with Gasteiger partial charge in [-0.25, -0.2) is 4.79 Å². The normalized spacial score (nSPS) is 19.1. The van der Waals surface area contributed by atoms with Gasteiger partial charge in [0.1, 0.15) is 18.8 Å². The molecule has 0 bridgehead atoms. The summed E-state index contributed by atoms with van der Waals surface area (Å²) in [4.78, 5) is 51.0. The Bertz CT molecular complexity index is 1770. The molecule has 0 aromatic rings. The minimum Gasteiger partial charge on any atom is -0.479 e. The molecule has 0 saturated carbocycles. The molecule has 0 aliphatic carbocycles. The number of aliphatic hydroxyl groups is 2. The summed E-state index contributed by atoms with van der Waals surface area (Å²) in [5, 5.41) is 31.4. The average molecular weight is 1050 g/mol. The van der Waals surface area contributed by atoms with Crippen molar-refractivity contribution < 1.29 is 58.2 Å². The lowest BCUT2D eigenvalue weighted by Crippen LogP contribution is -2.61. The second-order valence-electron chi connectivity index (χ2n) is 18.8. The predicted octanol–water partition coefficient (Wildman–Crippen LogP) is 14.4. The number of carbonyl (C=O) groups excluding carboxylic acids is 3. The largest absolute Gasteiger partial charge is 0.479 e. The summed E-state index contributed by atoms with van der Waals surface area (Å²) in [6, 6.07) is 0. The lowest BCUT2D eigenvalue weighted by molar-refractivity contribution is -0.301. The number of carbonyl (C=O) groups is 4. The Morgan fingerprint density at radius 1 is 0.453 bits per heavy atom. The standard InChI is InChI=1S/C63H98O12/c1-4-7-10-13-16-19-22-25-27-28-30-32-34-37-40-43-46-49-55(64)71-52-54(73-56(65)50-47-44-41-38-36-33-29-26-23-20-17-14-11-8-5-2)53-72-63-61(59(68)58(67)60(75-63)62(69)70)74-57(66)51-48-45-42-39-35-31-24-21-18-15-12-9-6-3/h7-8,10-12,15-17,19-21,24-27,29-30,32,36,38,54,58-61,63,67-68H,4-6,9,13-14,18,22-23,28,31,33-35,37,39-53H2,1-3H3,(H,69,70)/b10-7-,11-8-,15-12-,19-16-,20-17-,24-21-,27-25-,29-26-,32-30-,38-36-. The van der Waals surface area contributed by atoms with Crippen LogP contribution in [0.2, 0.25) is 0 Å². The van der Waals surface area contributed by atoms with Crippen LogP contribution < -0.4 is 0 Å². The number of allylic oxidation sites excluding steroid dienone is 20. The van der Waals surface area contributed by atoms with Gasteiger partial charge in [-0.2, -0.15) is 0 Å². The monoisotopic (exact) mass is 1050 g/mol. The van der Waals surface area contributed by atoms with Gasteiger partial charge in [0.15, 0.2) is 24.6 Å². The van der Waals surface area contributed by atoms with Crippen LogP contribution in [0.4, 0.5) is 0 Å². The van der Waals surface area contributed by atoms with Crippen molar-refractivity contribution in [2.24, 2.45) is 0 Å². The molecule has 12 heteroatoms. The maximum atomic E-state index is 13.1. The van der Waals surface area contributed by atoms with Gasteiger partial charge < -0.3 is 39.0 Å². The minimum absolute atomic E-state index is 0.0299. The molecule has 0 aromatic carbocycles. The van der Waals surface area contributed by atoms with Crippen LogP contribution in [0.3, 0.4) is 0 Å². The highest BCUT2D eigenvalue weighted by Gasteiger charge is 2.50. The van der Waals surface area contributed by atoms with Crippen LogP contribution in [0.25, 0.3) is 0 Å². The van der Waals surface area contributed by atoms with E-state index >= 15 is 0 Å². The van der Waals surface area contributed by atoms with Gasteiger partial charge in [-0.3, -0.25) is 14.4 Å². The predicted molar refractivity (Wildman–Crippen MR) is 303 cm³/mol. The van der Waals surface area contributed by atoms with E-state index in [4.69, 9.17) is 23.7 Å². The van der Waals surface area contributed by atoms with Crippen LogP contribution in [-0.4, -0.2) is 89.2 Å². The molecule has 1 aliphatic rings. The van der Waals surface area contributed by atoms with Crippen molar-refractivity contribution in [2.75, 3.05) is 13.2 Å². The molecule has 422 valence electrons. The number of rotatable bonds is 46. The fourth-order valence-electron chi connectivity index (χ4n) is 7.68. The average Bonchev–Trinajstić information content (AvgIpc) is 3.39. The molecule has 0 aromatic heterocycles. The first-order valence-electron chi connectivity index (χ1n) is 28.5. The smallest absolute Gasteiger partial charge is 0.335 e. The van der Waals surface area contributed by atoms with Crippen molar-refractivity contribution in [1.82, 2.24) is 0 Å². The van der Waals surface area contributed by atoms with Gasteiger partial charge in [-0.1, -0.05) is 181 Å². The Labute approximate surface area is 452 Å². The molecule has 12 nitrogen and oxygen atoms in total. The van der Waals surface area contributed by atoms with Gasteiger partial charge in [-0.15, -0.1) is 0 Å². The number of aliphatic carboxylic acids is 1. The van der Waals surface area contributed by atoms with Crippen LogP contribution in [-0.2, 0) is 42.9 Å². The number of unbranched alkanes of at least 4 members (excludes halogenated alkanes) is 12. The van der Waals surface area contributed by atoms with E-state index in [9.17, 15) is 34.5 Å². The maximum Gasteiger partial charge on any atom is 0.335 e. The first-order chi connectivity index (χ1) is 36.6. The van der Waals surface area contributed by atoms with Gasteiger partial charge in [0, 0.05) is 19.3 Å². The SMILES string of the molecule is CC/C=C\C/C=C\C/C=C\C/C=C\CCCCCCC(=O)OCC(COC1OC(C(=O)O)C(O)C(O)C1OC(=O)CCCCCCC/C=C\C/C=C\CCC)OC(=O)CCCC/C=C\C/C=C\C/C=C\C/C=C\CC. The van der Waals surface area contributed by atoms with Gasteiger partial charge in [-0.05, 0) is 122 Å². The second kappa shape index (κ2) is 50.0. The third-order valence-corrected chi connectivity index (χ3v) is 12.0. The third-order valence-electron chi connectivity index (χ3n) is 12.0. The number of esters is 3. The summed E-state index contributed by atoms with van der Waals surface area (Å²) in [5.74, 6) is -3.25. The molecular formula is C63H98O12. The van der Waals surface area contributed by atoms with E-state index < -0.39 is 67.3 Å². The molecule has 3 N–H and O–H groups in total. The van der Waals surface area contributed by atoms with Crippen LogP contribution in [0.1, 0.15) is 201 Å². The van der Waals surface area contributed by atoms with Crippen LogP contribution in [0.5, 0.6) is 0 Å². The van der Waals surface area contributed by atoms with E-state index in [0.717, 1.165) is 141 Å². The number of carboxylic acid groups (broad SMARTS) is 1. The Morgan fingerprint density at radius 2 is 0.840 bits per heavy atom. The lowest BCUT2D eigenvalue weighted by atomic mass is 9.98. The van der Waals surface area contributed by atoms with E-state index in [0.29, 0.717) is 19.3 Å². The molecule has 75 heavy (non-hydrogen) atoms. The van der Waals surface area contributed by atoms with Gasteiger partial charge >= 0.3 is 23.9 Å². The second-order valence-corrected chi connectivity index (χ2v) is 18.8. The van der Waals surface area contributed by atoms with Gasteiger partial charge in [0.05, 0.1) is 6.61 Å². The van der Waals surface area contributed by atoms with E-state index in [-0.39, 0.29) is 25.9 Å². The molecular weight excluding hydrogens is 949 g/mol. The lowest BCUT2D eigenvalue weighted by Gasteiger charge is -2.40. The maximum absolute atomic E-state index is 13.1. The summed E-state index contributed by atoms with van der Waals surface area (Å²) in [6.45, 7) is 5.61. The summed E-state index contributed by atoms with van der Waals surface area (Å²) in [5.41, 5.74) is 0. The minimum atomic E-state index is -1.92.